The lowest BCUT2D eigenvalue weighted by Gasteiger charge is -2.08. The quantitative estimate of drug-likeness (QED) is 0.878. The molecular weight excluding hydrogens is 305 g/mol. The van der Waals surface area contributed by atoms with Crippen molar-refractivity contribution >= 4 is 40.4 Å². The fourth-order valence-electron chi connectivity index (χ4n) is 1.37. The fraction of sp³-hybridized carbons (Fsp3) is 0.0833. The second kappa shape index (κ2) is 5.69. The summed E-state index contributed by atoms with van der Waals surface area (Å²) in [4.78, 5) is 8.40. The van der Waals surface area contributed by atoms with Crippen LogP contribution < -0.4 is 10.5 Å². The topological polar surface area (TPSA) is 61.0 Å². The molecular formula is C12H9Cl2N3OS. The zero-order valence-corrected chi connectivity index (χ0v) is 12.2. The lowest BCUT2D eigenvalue weighted by molar-refractivity contribution is 0.440. The van der Waals surface area contributed by atoms with E-state index in [1.165, 1.54) is 0 Å². The van der Waals surface area contributed by atoms with Gasteiger partial charge in [0.05, 0.1) is 5.02 Å². The molecule has 0 aliphatic rings. The molecule has 0 aliphatic heterocycles. The van der Waals surface area contributed by atoms with E-state index >= 15 is 0 Å². The van der Waals surface area contributed by atoms with Gasteiger partial charge in [0.25, 0.3) is 0 Å². The van der Waals surface area contributed by atoms with Crippen LogP contribution in [-0.4, -0.2) is 15.0 Å². The molecule has 1 aromatic carbocycles. The summed E-state index contributed by atoms with van der Waals surface area (Å²) < 4.78 is 5.51. The number of aryl methyl sites for hydroxylation is 1. The number of nitrogens with two attached hydrogens (primary N) is 1. The molecule has 0 aliphatic carbocycles. The molecule has 1 heterocycles. The summed E-state index contributed by atoms with van der Waals surface area (Å²) >= 11 is 16.8. The van der Waals surface area contributed by atoms with Gasteiger partial charge in [0.1, 0.15) is 10.7 Å². The molecule has 0 spiro atoms. The lowest BCUT2D eigenvalue weighted by Crippen LogP contribution is -2.13. The predicted molar refractivity (Wildman–Crippen MR) is 79.2 cm³/mol. The summed E-state index contributed by atoms with van der Waals surface area (Å²) in [5.74, 6) is 0.369. The summed E-state index contributed by atoms with van der Waals surface area (Å²) in [6.45, 7) is 1.79. The van der Waals surface area contributed by atoms with Crippen molar-refractivity contribution in [3.63, 3.8) is 0 Å². The minimum atomic E-state index is 0.118. The van der Waals surface area contributed by atoms with Crippen molar-refractivity contribution < 1.29 is 4.74 Å². The first-order valence-electron chi connectivity index (χ1n) is 5.24. The number of aromatic nitrogens is 2. The normalized spacial score (nSPS) is 10.3. The Morgan fingerprint density at radius 1 is 1.26 bits per heavy atom. The van der Waals surface area contributed by atoms with Crippen LogP contribution in [0.1, 0.15) is 11.4 Å². The van der Waals surface area contributed by atoms with Crippen LogP contribution in [-0.2, 0) is 0 Å². The highest BCUT2D eigenvalue weighted by molar-refractivity contribution is 7.80. The van der Waals surface area contributed by atoms with E-state index < -0.39 is 0 Å². The smallest absolute Gasteiger partial charge is 0.322 e. The molecule has 2 rings (SSSR count). The standard InChI is InChI=1S/C12H9Cl2N3OS/c1-6-4-9(11(15)19)17-12(16-6)18-10-5-7(13)2-3-8(10)14/h2-5H,1H3,(H2,15,19). The first-order valence-corrected chi connectivity index (χ1v) is 6.40. The van der Waals surface area contributed by atoms with Gasteiger partial charge in [-0.05, 0) is 25.1 Å². The number of thiocarbonyl (C=S) groups is 1. The van der Waals surface area contributed by atoms with Crippen LogP contribution in [0.2, 0.25) is 10.0 Å². The van der Waals surface area contributed by atoms with Crippen molar-refractivity contribution in [3.8, 4) is 11.8 Å². The van der Waals surface area contributed by atoms with Gasteiger partial charge in [-0.2, -0.15) is 4.98 Å². The largest absolute Gasteiger partial charge is 0.423 e. The van der Waals surface area contributed by atoms with E-state index in [1.807, 2.05) is 0 Å². The fourth-order valence-corrected chi connectivity index (χ4v) is 1.79. The average Bonchev–Trinajstić information content (AvgIpc) is 2.33. The first kappa shape index (κ1) is 14.0. The van der Waals surface area contributed by atoms with Gasteiger partial charge < -0.3 is 10.5 Å². The van der Waals surface area contributed by atoms with Gasteiger partial charge in [-0.15, -0.1) is 0 Å². The van der Waals surface area contributed by atoms with Gasteiger partial charge in [-0.1, -0.05) is 35.4 Å². The van der Waals surface area contributed by atoms with E-state index in [-0.39, 0.29) is 11.0 Å². The zero-order chi connectivity index (χ0) is 14.0. The minimum Gasteiger partial charge on any atom is -0.423 e. The molecule has 0 bridgehead atoms. The van der Waals surface area contributed by atoms with Crippen molar-refractivity contribution in [3.05, 3.63) is 45.7 Å². The third-order valence-corrected chi connectivity index (χ3v) is 2.94. The number of hydrogen-bond donors (Lipinski definition) is 1. The van der Waals surface area contributed by atoms with Crippen LogP contribution in [0, 0.1) is 6.92 Å². The number of halogens is 2. The SMILES string of the molecule is Cc1cc(C(N)=S)nc(Oc2cc(Cl)ccc2Cl)n1. The molecule has 0 fully saturated rings. The van der Waals surface area contributed by atoms with Crippen LogP contribution in [0.5, 0.6) is 11.8 Å². The van der Waals surface area contributed by atoms with Crippen molar-refractivity contribution in [2.24, 2.45) is 5.73 Å². The molecule has 98 valence electrons. The highest BCUT2D eigenvalue weighted by Gasteiger charge is 2.09. The van der Waals surface area contributed by atoms with E-state index in [9.17, 15) is 0 Å². The molecule has 19 heavy (non-hydrogen) atoms. The van der Waals surface area contributed by atoms with E-state index in [4.69, 9.17) is 45.9 Å². The maximum absolute atomic E-state index is 6.00. The van der Waals surface area contributed by atoms with Crippen LogP contribution in [0.15, 0.2) is 24.3 Å². The Balaban J connectivity index is 2.38. The number of nitrogens with zero attached hydrogens (tertiary/aromatic N) is 2. The first-order chi connectivity index (χ1) is 8.95. The number of benzene rings is 1. The Labute approximate surface area is 125 Å². The van der Waals surface area contributed by atoms with Crippen molar-refractivity contribution in [1.29, 1.82) is 0 Å². The molecule has 1 aromatic heterocycles. The Bertz CT molecular complexity index is 649. The van der Waals surface area contributed by atoms with Gasteiger partial charge in [0.15, 0.2) is 5.75 Å². The van der Waals surface area contributed by atoms with Crippen LogP contribution in [0.25, 0.3) is 0 Å². The highest BCUT2D eigenvalue weighted by atomic mass is 35.5. The Hall–Kier alpha value is -1.43. The van der Waals surface area contributed by atoms with Gasteiger partial charge in [0.2, 0.25) is 0 Å². The molecule has 0 atom stereocenters. The maximum atomic E-state index is 6.00. The Kier molecular flexibility index (Phi) is 4.19. The van der Waals surface area contributed by atoms with Crippen LogP contribution in [0.4, 0.5) is 0 Å². The zero-order valence-electron chi connectivity index (χ0n) is 9.85. The van der Waals surface area contributed by atoms with E-state index in [0.29, 0.717) is 27.2 Å². The van der Waals surface area contributed by atoms with Crippen molar-refractivity contribution in [2.75, 3.05) is 0 Å². The highest BCUT2D eigenvalue weighted by Crippen LogP contribution is 2.30. The summed E-state index contributed by atoms with van der Waals surface area (Å²) in [5, 5.41) is 0.910. The van der Waals surface area contributed by atoms with E-state index in [1.54, 1.807) is 31.2 Å². The van der Waals surface area contributed by atoms with Crippen molar-refractivity contribution in [2.45, 2.75) is 6.92 Å². The van der Waals surface area contributed by atoms with Gasteiger partial charge >= 0.3 is 6.01 Å². The maximum Gasteiger partial charge on any atom is 0.322 e. The molecule has 0 radical (unpaired) electrons. The monoisotopic (exact) mass is 313 g/mol. The number of rotatable bonds is 3. The summed E-state index contributed by atoms with van der Waals surface area (Å²) in [7, 11) is 0. The summed E-state index contributed by atoms with van der Waals surface area (Å²) in [6, 6.07) is 6.66. The molecule has 0 saturated carbocycles. The lowest BCUT2D eigenvalue weighted by atomic mass is 10.3. The van der Waals surface area contributed by atoms with Gasteiger partial charge in [-0.3, -0.25) is 0 Å². The average molecular weight is 314 g/mol. The summed E-state index contributed by atoms with van der Waals surface area (Å²) in [5.41, 5.74) is 6.66. The number of hydrogen-bond acceptors (Lipinski definition) is 4. The van der Waals surface area contributed by atoms with Crippen LogP contribution in [0.3, 0.4) is 0 Å². The molecule has 2 N–H and O–H groups in total. The van der Waals surface area contributed by atoms with Crippen molar-refractivity contribution in [1.82, 2.24) is 9.97 Å². The van der Waals surface area contributed by atoms with Gasteiger partial charge in [0, 0.05) is 16.8 Å². The predicted octanol–water partition coefficient (Wildman–Crippen LogP) is 3.52. The third kappa shape index (κ3) is 3.53. The second-order valence-corrected chi connectivity index (χ2v) is 5.00. The molecule has 0 amide bonds. The molecule has 2 aromatic rings. The Morgan fingerprint density at radius 2 is 2.00 bits per heavy atom. The minimum absolute atomic E-state index is 0.118. The van der Waals surface area contributed by atoms with E-state index in [0.717, 1.165) is 0 Å². The molecule has 7 heteroatoms. The second-order valence-electron chi connectivity index (χ2n) is 3.72. The molecule has 0 unspecified atom stereocenters. The number of ether oxygens (including phenoxy) is 1. The third-order valence-electron chi connectivity index (χ3n) is 2.18. The van der Waals surface area contributed by atoms with Gasteiger partial charge in [-0.25, -0.2) is 4.98 Å². The molecule has 0 saturated heterocycles. The molecule has 4 nitrogen and oxygen atoms in total. The summed E-state index contributed by atoms with van der Waals surface area (Å²) in [6.07, 6.45) is 0. The van der Waals surface area contributed by atoms with Crippen LogP contribution >= 0.6 is 35.4 Å². The van der Waals surface area contributed by atoms with E-state index in [2.05, 4.69) is 9.97 Å². The Morgan fingerprint density at radius 3 is 2.68 bits per heavy atom.